The molecule has 0 saturated carbocycles. The van der Waals surface area contributed by atoms with E-state index in [-0.39, 0.29) is 19.4 Å². The summed E-state index contributed by atoms with van der Waals surface area (Å²) in [4.78, 5) is 0. The molecule has 0 spiro atoms. The van der Waals surface area contributed by atoms with Gasteiger partial charge in [-0.25, -0.2) is 4.39 Å². The number of rotatable bonds is 4. The molecule has 0 radical (unpaired) electrons. The third-order valence-corrected chi connectivity index (χ3v) is 1.14. The van der Waals surface area contributed by atoms with Gasteiger partial charge >= 0.3 is 0 Å². The van der Waals surface area contributed by atoms with Crippen LogP contribution in [0.15, 0.2) is 24.1 Å². The van der Waals surface area contributed by atoms with Crippen molar-refractivity contribution in [3.8, 4) is 0 Å². The number of aliphatic hydroxyl groups is 1. The van der Waals surface area contributed by atoms with E-state index in [4.69, 9.17) is 5.11 Å². The van der Waals surface area contributed by atoms with Gasteiger partial charge in [0.15, 0.2) is 0 Å². The fourth-order valence-electron chi connectivity index (χ4n) is 0.588. The van der Waals surface area contributed by atoms with Crippen LogP contribution >= 0.6 is 0 Å². The first-order chi connectivity index (χ1) is 5.09. The molecule has 0 aliphatic heterocycles. The van der Waals surface area contributed by atoms with Crippen molar-refractivity contribution in [2.75, 3.05) is 6.61 Å². The molecule has 1 nitrogen and oxygen atoms in total. The zero-order valence-electron chi connectivity index (χ0n) is 5.91. The molecule has 0 amide bonds. The van der Waals surface area contributed by atoms with E-state index in [1.54, 1.807) is 0 Å². The number of aliphatic hydroxyl groups excluding tert-OH is 1. The Morgan fingerprint density at radius 2 is 1.82 bits per heavy atom. The van der Waals surface area contributed by atoms with Gasteiger partial charge in [0, 0.05) is 6.61 Å². The molecule has 11 heavy (non-hydrogen) atoms. The Kier molecular flexibility index (Phi) is 4.61. The largest absolute Gasteiger partial charge is 0.396 e. The summed E-state index contributed by atoms with van der Waals surface area (Å²) in [5, 5.41) is 8.26. The minimum atomic E-state index is -2.06. The molecule has 0 saturated heterocycles. The minimum absolute atomic E-state index is 0.121. The average molecular weight is 166 g/mol. The van der Waals surface area contributed by atoms with E-state index in [1.165, 1.54) is 0 Å². The highest BCUT2D eigenvalue weighted by atomic mass is 19.3. The van der Waals surface area contributed by atoms with E-state index < -0.39 is 17.5 Å². The summed E-state index contributed by atoms with van der Waals surface area (Å²) in [6.07, 6.45) is -2.12. The predicted molar refractivity (Wildman–Crippen MR) is 35.8 cm³/mol. The maximum Gasteiger partial charge on any atom is 0.276 e. The van der Waals surface area contributed by atoms with Crippen molar-refractivity contribution in [2.24, 2.45) is 0 Å². The second-order valence-electron chi connectivity index (χ2n) is 1.97. The van der Waals surface area contributed by atoms with Crippen LogP contribution in [0.25, 0.3) is 0 Å². The van der Waals surface area contributed by atoms with Crippen LogP contribution in [0.4, 0.5) is 13.2 Å². The van der Waals surface area contributed by atoms with Crippen LogP contribution in [-0.2, 0) is 0 Å². The first-order valence-electron chi connectivity index (χ1n) is 3.09. The number of hydrogen-bond acceptors (Lipinski definition) is 1. The summed E-state index contributed by atoms with van der Waals surface area (Å²) in [5.74, 6) is -1.13. The molecule has 0 fully saturated rings. The number of halogens is 3. The summed E-state index contributed by atoms with van der Waals surface area (Å²) >= 11 is 0. The maximum atomic E-state index is 12.1. The Morgan fingerprint density at radius 1 is 1.27 bits per heavy atom. The second-order valence-corrected chi connectivity index (χ2v) is 1.97. The Morgan fingerprint density at radius 3 is 2.09 bits per heavy atom. The number of allylic oxidation sites excluding steroid dienone is 2. The zero-order chi connectivity index (χ0) is 8.85. The van der Waals surface area contributed by atoms with Gasteiger partial charge in [-0.1, -0.05) is 6.58 Å². The van der Waals surface area contributed by atoms with Gasteiger partial charge < -0.3 is 5.11 Å². The fraction of sp³-hybridized carbons (Fsp3) is 0.429. The van der Waals surface area contributed by atoms with Gasteiger partial charge in [0.05, 0.1) is 5.57 Å². The third kappa shape index (κ3) is 3.83. The van der Waals surface area contributed by atoms with E-state index in [9.17, 15) is 13.2 Å². The monoisotopic (exact) mass is 166 g/mol. The van der Waals surface area contributed by atoms with Crippen LogP contribution in [0, 0.1) is 0 Å². The van der Waals surface area contributed by atoms with Crippen molar-refractivity contribution < 1.29 is 18.3 Å². The Balaban J connectivity index is 4.14. The first kappa shape index (κ1) is 10.2. The van der Waals surface area contributed by atoms with Crippen LogP contribution in [0.1, 0.15) is 12.8 Å². The highest BCUT2D eigenvalue weighted by Crippen LogP contribution is 2.21. The lowest BCUT2D eigenvalue weighted by Crippen LogP contribution is -1.89. The summed E-state index contributed by atoms with van der Waals surface area (Å²) in [6, 6.07) is 0. The molecule has 0 aromatic carbocycles. The van der Waals surface area contributed by atoms with Crippen LogP contribution in [0.2, 0.25) is 0 Å². The van der Waals surface area contributed by atoms with Gasteiger partial charge in [0.25, 0.3) is 6.08 Å². The lowest BCUT2D eigenvalue weighted by molar-refractivity contribution is 0.286. The molecule has 0 aliphatic carbocycles. The molecule has 0 aromatic heterocycles. The molecule has 4 heteroatoms. The van der Waals surface area contributed by atoms with Crippen molar-refractivity contribution in [2.45, 2.75) is 12.8 Å². The van der Waals surface area contributed by atoms with Gasteiger partial charge in [-0.2, -0.15) is 8.78 Å². The summed E-state index contributed by atoms with van der Waals surface area (Å²) in [7, 11) is 0. The minimum Gasteiger partial charge on any atom is -0.396 e. The van der Waals surface area contributed by atoms with E-state index in [0.717, 1.165) is 0 Å². The zero-order valence-corrected chi connectivity index (χ0v) is 5.91. The van der Waals surface area contributed by atoms with Crippen LogP contribution in [-0.4, -0.2) is 11.7 Å². The molecule has 0 aromatic rings. The average Bonchev–Trinajstić information content (AvgIpc) is 1.87. The van der Waals surface area contributed by atoms with E-state index in [0.29, 0.717) is 0 Å². The van der Waals surface area contributed by atoms with Crippen molar-refractivity contribution in [3.05, 3.63) is 24.1 Å². The third-order valence-electron chi connectivity index (χ3n) is 1.14. The Bertz CT molecular complexity index is 171. The molecule has 0 unspecified atom stereocenters. The highest BCUT2D eigenvalue weighted by molar-refractivity contribution is 5.22. The summed E-state index contributed by atoms with van der Waals surface area (Å²) in [5.41, 5.74) is -0.695. The quantitative estimate of drug-likeness (QED) is 0.636. The van der Waals surface area contributed by atoms with Crippen LogP contribution in [0.3, 0.4) is 0 Å². The lowest BCUT2D eigenvalue weighted by atomic mass is 10.1. The molecule has 0 heterocycles. The van der Waals surface area contributed by atoms with Gasteiger partial charge in [0.2, 0.25) is 0 Å². The standard InChI is InChI=1S/C7H9F3O/c1-5(8)6(7(9)10)3-2-4-11/h11H,1-4H2. The van der Waals surface area contributed by atoms with E-state index in [2.05, 4.69) is 6.58 Å². The van der Waals surface area contributed by atoms with E-state index >= 15 is 0 Å². The topological polar surface area (TPSA) is 20.2 Å². The lowest BCUT2D eigenvalue weighted by Gasteiger charge is -1.99. The van der Waals surface area contributed by atoms with Crippen molar-refractivity contribution >= 4 is 0 Å². The van der Waals surface area contributed by atoms with Crippen LogP contribution < -0.4 is 0 Å². The van der Waals surface area contributed by atoms with Crippen molar-refractivity contribution in [1.82, 2.24) is 0 Å². The highest BCUT2D eigenvalue weighted by Gasteiger charge is 2.08. The molecule has 0 atom stereocenters. The van der Waals surface area contributed by atoms with Gasteiger partial charge in [0.1, 0.15) is 5.83 Å². The van der Waals surface area contributed by atoms with Gasteiger partial charge in [-0.3, -0.25) is 0 Å². The molecule has 64 valence electrons. The van der Waals surface area contributed by atoms with Crippen molar-refractivity contribution in [3.63, 3.8) is 0 Å². The Hall–Kier alpha value is -0.770. The molecular weight excluding hydrogens is 157 g/mol. The summed E-state index contributed by atoms with van der Waals surface area (Å²) in [6.45, 7) is 2.51. The SMILES string of the molecule is C=C(F)C(CCCO)=C(F)F. The molecular formula is C7H9F3O. The second kappa shape index (κ2) is 4.96. The Labute approximate surface area is 62.8 Å². The van der Waals surface area contributed by atoms with Crippen LogP contribution in [0.5, 0.6) is 0 Å². The smallest absolute Gasteiger partial charge is 0.276 e. The molecule has 0 aliphatic rings. The molecule has 0 bridgehead atoms. The number of hydrogen-bond donors (Lipinski definition) is 1. The maximum absolute atomic E-state index is 12.1. The predicted octanol–water partition coefficient (Wildman–Crippen LogP) is 2.39. The van der Waals surface area contributed by atoms with Crippen molar-refractivity contribution in [1.29, 1.82) is 0 Å². The fourth-order valence-corrected chi connectivity index (χ4v) is 0.588. The van der Waals surface area contributed by atoms with Gasteiger partial charge in [-0.05, 0) is 12.8 Å². The van der Waals surface area contributed by atoms with Gasteiger partial charge in [-0.15, -0.1) is 0 Å². The summed E-state index contributed by atoms with van der Waals surface area (Å²) < 4.78 is 35.7. The molecule has 1 N–H and O–H groups in total. The van der Waals surface area contributed by atoms with E-state index in [1.807, 2.05) is 0 Å². The first-order valence-corrected chi connectivity index (χ1v) is 3.09. The normalized spacial score (nSPS) is 9.45. The molecule has 0 rings (SSSR count).